The molecule has 0 saturated carbocycles. The van der Waals surface area contributed by atoms with Crippen LogP contribution in [0.15, 0.2) is 0 Å². The SMILES string of the molecule is CCCCCCCCCCCCC(CC)O[C@H]1OC[C@@H](O)[C@H](O)[C@H]1O. The molecule has 0 radical (unpaired) electrons. The highest BCUT2D eigenvalue weighted by atomic mass is 16.7. The number of aliphatic hydroxyl groups is 3. The Hall–Kier alpha value is -0.200. The summed E-state index contributed by atoms with van der Waals surface area (Å²) in [6.45, 7) is 4.30. The van der Waals surface area contributed by atoms with Crippen LogP contribution in [0.5, 0.6) is 0 Å². The lowest BCUT2D eigenvalue weighted by molar-refractivity contribution is -0.283. The third-order valence-electron chi connectivity index (χ3n) is 5.12. The Balaban J connectivity index is 2.06. The topological polar surface area (TPSA) is 79.2 Å². The zero-order valence-corrected chi connectivity index (χ0v) is 16.2. The smallest absolute Gasteiger partial charge is 0.186 e. The van der Waals surface area contributed by atoms with Crippen LogP contribution in [0.25, 0.3) is 0 Å². The maximum absolute atomic E-state index is 9.94. The molecule has 3 N–H and O–H groups in total. The molecule has 0 aromatic heterocycles. The first-order chi connectivity index (χ1) is 12.1. The Labute approximate surface area is 153 Å². The molecule has 0 aromatic carbocycles. The van der Waals surface area contributed by atoms with Crippen LogP contribution in [0.2, 0.25) is 0 Å². The van der Waals surface area contributed by atoms with Gasteiger partial charge in [-0.2, -0.15) is 0 Å². The van der Waals surface area contributed by atoms with Gasteiger partial charge in [0.25, 0.3) is 0 Å². The van der Waals surface area contributed by atoms with Gasteiger partial charge in [-0.3, -0.25) is 0 Å². The molecule has 1 rings (SSSR count). The van der Waals surface area contributed by atoms with Crippen molar-refractivity contribution in [1.82, 2.24) is 0 Å². The number of unbranched alkanes of at least 4 members (excludes halogenated alkanes) is 9. The second kappa shape index (κ2) is 13.9. The van der Waals surface area contributed by atoms with Crippen LogP contribution in [-0.4, -0.2) is 52.6 Å². The summed E-state index contributed by atoms with van der Waals surface area (Å²) >= 11 is 0. The van der Waals surface area contributed by atoms with E-state index in [0.29, 0.717) is 0 Å². The van der Waals surface area contributed by atoms with E-state index in [1.165, 1.54) is 57.8 Å². The average molecular weight is 361 g/mol. The minimum Gasteiger partial charge on any atom is -0.388 e. The van der Waals surface area contributed by atoms with E-state index in [2.05, 4.69) is 13.8 Å². The summed E-state index contributed by atoms with van der Waals surface area (Å²) in [5, 5.41) is 29.1. The van der Waals surface area contributed by atoms with Crippen molar-refractivity contribution in [3.63, 3.8) is 0 Å². The molecule has 0 aliphatic carbocycles. The van der Waals surface area contributed by atoms with E-state index in [1.54, 1.807) is 0 Å². The van der Waals surface area contributed by atoms with Crippen LogP contribution in [0.1, 0.15) is 90.9 Å². The highest BCUT2D eigenvalue weighted by Crippen LogP contribution is 2.21. The summed E-state index contributed by atoms with van der Waals surface area (Å²) in [7, 11) is 0. The summed E-state index contributed by atoms with van der Waals surface area (Å²) in [4.78, 5) is 0. The normalized spacial score (nSPS) is 28.2. The van der Waals surface area contributed by atoms with E-state index >= 15 is 0 Å². The predicted octanol–water partition coefficient (Wildman–Crippen LogP) is 3.53. The molecule has 150 valence electrons. The van der Waals surface area contributed by atoms with Gasteiger partial charge in [-0.05, 0) is 12.8 Å². The average Bonchev–Trinajstić information content (AvgIpc) is 2.62. The van der Waals surface area contributed by atoms with Gasteiger partial charge >= 0.3 is 0 Å². The van der Waals surface area contributed by atoms with Gasteiger partial charge in [0.05, 0.1) is 12.7 Å². The molecule has 1 heterocycles. The van der Waals surface area contributed by atoms with Crippen molar-refractivity contribution >= 4 is 0 Å². The summed E-state index contributed by atoms with van der Waals surface area (Å²) < 4.78 is 11.1. The van der Waals surface area contributed by atoms with E-state index in [1.807, 2.05) is 0 Å². The van der Waals surface area contributed by atoms with Gasteiger partial charge in [0.15, 0.2) is 6.29 Å². The van der Waals surface area contributed by atoms with E-state index in [9.17, 15) is 15.3 Å². The molecule has 1 unspecified atom stereocenters. The molecule has 1 aliphatic heterocycles. The predicted molar refractivity (Wildman–Crippen MR) is 99.4 cm³/mol. The fraction of sp³-hybridized carbons (Fsp3) is 1.00. The Kier molecular flexibility index (Phi) is 12.7. The Morgan fingerprint density at radius 1 is 0.840 bits per heavy atom. The van der Waals surface area contributed by atoms with Crippen LogP contribution in [0.4, 0.5) is 0 Å². The molecule has 5 atom stereocenters. The van der Waals surface area contributed by atoms with Crippen LogP contribution in [0.3, 0.4) is 0 Å². The van der Waals surface area contributed by atoms with Crippen molar-refractivity contribution in [3.05, 3.63) is 0 Å². The van der Waals surface area contributed by atoms with Crippen molar-refractivity contribution < 1.29 is 24.8 Å². The van der Waals surface area contributed by atoms with E-state index in [-0.39, 0.29) is 12.7 Å². The molecule has 25 heavy (non-hydrogen) atoms. The Morgan fingerprint density at radius 3 is 1.96 bits per heavy atom. The largest absolute Gasteiger partial charge is 0.388 e. The third kappa shape index (κ3) is 9.34. The quantitative estimate of drug-likeness (QED) is 0.413. The van der Waals surface area contributed by atoms with Gasteiger partial charge in [0, 0.05) is 0 Å². The monoisotopic (exact) mass is 360 g/mol. The van der Waals surface area contributed by atoms with Crippen molar-refractivity contribution in [1.29, 1.82) is 0 Å². The lowest BCUT2D eigenvalue weighted by atomic mass is 10.0. The maximum atomic E-state index is 9.94. The maximum Gasteiger partial charge on any atom is 0.186 e. The van der Waals surface area contributed by atoms with Gasteiger partial charge in [0.2, 0.25) is 0 Å². The molecule has 0 amide bonds. The third-order valence-corrected chi connectivity index (χ3v) is 5.12. The Morgan fingerprint density at radius 2 is 1.40 bits per heavy atom. The molecule has 5 heteroatoms. The first-order valence-corrected chi connectivity index (χ1v) is 10.4. The number of ether oxygens (including phenoxy) is 2. The molecule has 1 saturated heterocycles. The van der Waals surface area contributed by atoms with Crippen LogP contribution < -0.4 is 0 Å². The number of hydrogen-bond acceptors (Lipinski definition) is 5. The van der Waals surface area contributed by atoms with Crippen LogP contribution in [-0.2, 0) is 9.47 Å². The standard InChI is InChI=1S/C20H40O5/c1-3-5-6-7-8-9-10-11-12-13-14-16(4-2)25-20-19(23)18(22)17(21)15-24-20/h16-23H,3-15H2,1-2H3/t16?,17-,18+,19-,20-/m1/s1. The lowest BCUT2D eigenvalue weighted by Crippen LogP contribution is -2.54. The van der Waals surface area contributed by atoms with Gasteiger partial charge in [-0.1, -0.05) is 78.1 Å². The second-order valence-corrected chi connectivity index (χ2v) is 7.39. The zero-order chi connectivity index (χ0) is 18.5. The molecular formula is C20H40O5. The molecule has 1 fully saturated rings. The first kappa shape index (κ1) is 22.8. The van der Waals surface area contributed by atoms with E-state index in [4.69, 9.17) is 9.47 Å². The molecule has 0 aromatic rings. The number of rotatable bonds is 14. The van der Waals surface area contributed by atoms with Gasteiger partial charge in [0.1, 0.15) is 18.3 Å². The molecular weight excluding hydrogens is 320 g/mol. The molecule has 0 bridgehead atoms. The Bertz CT molecular complexity index is 312. The van der Waals surface area contributed by atoms with Crippen molar-refractivity contribution in [2.45, 2.75) is 122 Å². The summed E-state index contributed by atoms with van der Waals surface area (Å²) in [6, 6.07) is 0. The van der Waals surface area contributed by atoms with Crippen LogP contribution in [0, 0.1) is 0 Å². The molecule has 1 aliphatic rings. The van der Waals surface area contributed by atoms with Crippen molar-refractivity contribution in [2.75, 3.05) is 6.61 Å². The minimum atomic E-state index is -1.20. The van der Waals surface area contributed by atoms with E-state index < -0.39 is 24.6 Å². The lowest BCUT2D eigenvalue weighted by Gasteiger charge is -2.36. The highest BCUT2D eigenvalue weighted by molar-refractivity contribution is 4.83. The highest BCUT2D eigenvalue weighted by Gasteiger charge is 2.39. The fourth-order valence-corrected chi connectivity index (χ4v) is 3.32. The summed E-state index contributed by atoms with van der Waals surface area (Å²) in [5.74, 6) is 0. The number of aliphatic hydroxyl groups excluding tert-OH is 3. The van der Waals surface area contributed by atoms with Crippen LogP contribution >= 0.6 is 0 Å². The number of hydrogen-bond donors (Lipinski definition) is 3. The fourth-order valence-electron chi connectivity index (χ4n) is 3.32. The van der Waals surface area contributed by atoms with Crippen molar-refractivity contribution in [2.24, 2.45) is 0 Å². The summed E-state index contributed by atoms with van der Waals surface area (Å²) in [5.41, 5.74) is 0. The zero-order valence-electron chi connectivity index (χ0n) is 16.2. The second-order valence-electron chi connectivity index (χ2n) is 7.39. The first-order valence-electron chi connectivity index (χ1n) is 10.4. The molecule has 5 nitrogen and oxygen atoms in total. The minimum absolute atomic E-state index is 0.00240. The summed E-state index contributed by atoms with van der Waals surface area (Å²) in [6.07, 6.45) is 10.6. The van der Waals surface area contributed by atoms with Crippen molar-refractivity contribution in [3.8, 4) is 0 Å². The van der Waals surface area contributed by atoms with E-state index in [0.717, 1.165) is 19.3 Å². The van der Waals surface area contributed by atoms with Gasteiger partial charge in [-0.25, -0.2) is 0 Å². The molecule has 0 spiro atoms. The van der Waals surface area contributed by atoms with Gasteiger partial charge in [-0.15, -0.1) is 0 Å². The van der Waals surface area contributed by atoms with Gasteiger partial charge < -0.3 is 24.8 Å².